The summed E-state index contributed by atoms with van der Waals surface area (Å²) < 4.78 is 0. The number of rotatable bonds is 4. The lowest BCUT2D eigenvalue weighted by atomic mass is 10.00. The second kappa shape index (κ2) is 4.70. The minimum Gasteiger partial charge on any atom is -0.366 e. The molecule has 3 heteroatoms. The Morgan fingerprint density at radius 2 is 1.50 bits per heavy atom. The van der Waals surface area contributed by atoms with Crippen molar-refractivity contribution in [3.63, 3.8) is 0 Å². The van der Waals surface area contributed by atoms with Crippen LogP contribution >= 0.6 is 0 Å². The molecule has 0 radical (unpaired) electrons. The lowest BCUT2D eigenvalue weighted by Gasteiger charge is -2.05. The van der Waals surface area contributed by atoms with E-state index in [0.717, 1.165) is 0 Å². The molecule has 0 atom stereocenters. The normalized spacial score (nSPS) is 12.2. The summed E-state index contributed by atoms with van der Waals surface area (Å²) in [5.74, 6) is -0.544. The van der Waals surface area contributed by atoms with Crippen molar-refractivity contribution in [2.24, 2.45) is 5.73 Å². The van der Waals surface area contributed by atoms with Crippen molar-refractivity contribution >= 4 is 11.7 Å². The zero-order chi connectivity index (χ0) is 9.72. The van der Waals surface area contributed by atoms with Crippen molar-refractivity contribution in [1.82, 2.24) is 0 Å². The van der Waals surface area contributed by atoms with Gasteiger partial charge in [0.1, 0.15) is 0 Å². The van der Waals surface area contributed by atoms with Gasteiger partial charge in [-0.25, -0.2) is 0 Å². The second-order valence-corrected chi connectivity index (χ2v) is 2.58. The fourth-order valence-electron chi connectivity index (χ4n) is 1.21. The molecule has 0 aliphatic rings. The fourth-order valence-corrected chi connectivity index (χ4v) is 1.21. The number of amides is 1. The number of nitrogens with two attached hydrogens (primary N) is 1. The molecule has 68 valence electrons. The van der Waals surface area contributed by atoms with Gasteiger partial charge in [0, 0.05) is 11.1 Å². The summed E-state index contributed by atoms with van der Waals surface area (Å²) in [6.07, 6.45) is 1.10. The molecular weight excluding hydrogens is 154 g/mol. The van der Waals surface area contributed by atoms with E-state index in [2.05, 4.69) is 0 Å². The van der Waals surface area contributed by atoms with Gasteiger partial charge in [-0.3, -0.25) is 9.59 Å². The van der Waals surface area contributed by atoms with Crippen molar-refractivity contribution in [2.45, 2.75) is 33.6 Å². The van der Waals surface area contributed by atoms with Gasteiger partial charge in [0.15, 0.2) is 5.78 Å². The average molecular weight is 169 g/mol. The van der Waals surface area contributed by atoms with Crippen LogP contribution in [0.4, 0.5) is 0 Å². The third kappa shape index (κ3) is 2.49. The molecule has 3 nitrogen and oxygen atoms in total. The smallest absolute Gasteiger partial charge is 0.245 e. The SMILES string of the molecule is CCC(C(C)=O)=C(CC)C(N)=O. The first kappa shape index (κ1) is 10.9. The van der Waals surface area contributed by atoms with E-state index in [1.165, 1.54) is 6.92 Å². The Kier molecular flexibility index (Phi) is 4.26. The monoisotopic (exact) mass is 169 g/mol. The number of carbonyl (C=O) groups excluding carboxylic acids is 2. The maximum absolute atomic E-state index is 11.0. The molecule has 0 heterocycles. The van der Waals surface area contributed by atoms with Crippen LogP contribution in [-0.4, -0.2) is 11.7 Å². The number of allylic oxidation sites excluding steroid dienone is 1. The van der Waals surface area contributed by atoms with E-state index in [-0.39, 0.29) is 5.78 Å². The molecule has 0 aliphatic carbocycles. The highest BCUT2D eigenvalue weighted by Crippen LogP contribution is 2.12. The highest BCUT2D eigenvalue weighted by Gasteiger charge is 2.12. The van der Waals surface area contributed by atoms with E-state index < -0.39 is 5.91 Å². The van der Waals surface area contributed by atoms with Gasteiger partial charge in [0.25, 0.3) is 0 Å². The van der Waals surface area contributed by atoms with Crippen molar-refractivity contribution in [1.29, 1.82) is 0 Å². The molecule has 0 fully saturated rings. The van der Waals surface area contributed by atoms with E-state index >= 15 is 0 Å². The van der Waals surface area contributed by atoms with Crippen LogP contribution in [0, 0.1) is 0 Å². The third-order valence-electron chi connectivity index (χ3n) is 1.79. The number of Topliss-reactive ketones (excluding diaryl/α,β-unsaturated/α-hetero) is 1. The Morgan fingerprint density at radius 1 is 1.08 bits per heavy atom. The molecule has 0 spiro atoms. The minimum absolute atomic E-state index is 0.0619. The van der Waals surface area contributed by atoms with Crippen molar-refractivity contribution < 1.29 is 9.59 Å². The van der Waals surface area contributed by atoms with Crippen LogP contribution in [0.2, 0.25) is 0 Å². The first-order chi connectivity index (χ1) is 5.54. The van der Waals surface area contributed by atoms with Crippen LogP contribution in [0.3, 0.4) is 0 Å². The van der Waals surface area contributed by atoms with Gasteiger partial charge in [-0.2, -0.15) is 0 Å². The largest absolute Gasteiger partial charge is 0.366 e. The van der Waals surface area contributed by atoms with E-state index in [0.29, 0.717) is 24.0 Å². The molecule has 0 aromatic heterocycles. The highest BCUT2D eigenvalue weighted by atomic mass is 16.1. The molecule has 0 bridgehead atoms. The molecule has 12 heavy (non-hydrogen) atoms. The van der Waals surface area contributed by atoms with Gasteiger partial charge >= 0.3 is 0 Å². The number of hydrogen-bond acceptors (Lipinski definition) is 2. The van der Waals surface area contributed by atoms with Crippen LogP contribution < -0.4 is 5.73 Å². The Morgan fingerprint density at radius 3 is 1.58 bits per heavy atom. The Bertz CT molecular complexity index is 205. The van der Waals surface area contributed by atoms with Gasteiger partial charge < -0.3 is 5.73 Å². The van der Waals surface area contributed by atoms with E-state index in [1.54, 1.807) is 0 Å². The molecule has 0 rings (SSSR count). The quantitative estimate of drug-likeness (QED) is 0.642. The lowest BCUT2D eigenvalue weighted by Crippen LogP contribution is -2.17. The van der Waals surface area contributed by atoms with Crippen molar-refractivity contribution in [3.05, 3.63) is 11.1 Å². The Labute approximate surface area is 72.6 Å². The average Bonchev–Trinajstić information content (AvgIpc) is 1.98. The van der Waals surface area contributed by atoms with Crippen LogP contribution in [0.1, 0.15) is 33.6 Å². The van der Waals surface area contributed by atoms with Gasteiger partial charge in [0.2, 0.25) is 5.91 Å². The Hall–Kier alpha value is -1.12. The summed E-state index contributed by atoms with van der Waals surface area (Å²) in [5.41, 5.74) is 6.14. The topological polar surface area (TPSA) is 60.2 Å². The molecule has 0 aliphatic heterocycles. The van der Waals surface area contributed by atoms with E-state index in [9.17, 15) is 9.59 Å². The number of ketones is 1. The standard InChI is InChI=1S/C9H15NO2/c1-4-7(6(3)11)8(5-2)9(10)12/h4-5H2,1-3H3,(H2,10,12). The molecular formula is C9H15NO2. The minimum atomic E-state index is -0.482. The zero-order valence-electron chi connectivity index (χ0n) is 7.81. The summed E-state index contributed by atoms with van der Waals surface area (Å²) in [6, 6.07) is 0. The number of primary amides is 1. The highest BCUT2D eigenvalue weighted by molar-refractivity contribution is 6.03. The molecule has 0 saturated carbocycles. The van der Waals surface area contributed by atoms with E-state index in [4.69, 9.17) is 5.73 Å². The number of hydrogen-bond donors (Lipinski definition) is 1. The first-order valence-electron chi connectivity index (χ1n) is 4.07. The van der Waals surface area contributed by atoms with Gasteiger partial charge in [-0.1, -0.05) is 13.8 Å². The summed E-state index contributed by atoms with van der Waals surface area (Å²) in [6.45, 7) is 5.12. The summed E-state index contributed by atoms with van der Waals surface area (Å²) in [5, 5.41) is 0. The third-order valence-corrected chi connectivity index (χ3v) is 1.79. The molecule has 1 amide bonds. The fraction of sp³-hybridized carbons (Fsp3) is 0.556. The molecule has 2 N–H and O–H groups in total. The number of carbonyl (C=O) groups is 2. The second-order valence-electron chi connectivity index (χ2n) is 2.58. The van der Waals surface area contributed by atoms with Crippen molar-refractivity contribution in [3.8, 4) is 0 Å². The van der Waals surface area contributed by atoms with Crippen LogP contribution in [0.5, 0.6) is 0 Å². The molecule has 0 saturated heterocycles. The van der Waals surface area contributed by atoms with Crippen LogP contribution in [-0.2, 0) is 9.59 Å². The predicted molar refractivity (Wildman–Crippen MR) is 47.5 cm³/mol. The van der Waals surface area contributed by atoms with Crippen LogP contribution in [0.15, 0.2) is 11.1 Å². The first-order valence-corrected chi connectivity index (χ1v) is 4.07. The van der Waals surface area contributed by atoms with Gasteiger partial charge in [0.05, 0.1) is 0 Å². The zero-order valence-corrected chi connectivity index (χ0v) is 7.81. The molecule has 0 unspecified atom stereocenters. The maximum Gasteiger partial charge on any atom is 0.245 e. The predicted octanol–water partition coefficient (Wildman–Crippen LogP) is 1.18. The molecule has 0 aromatic carbocycles. The maximum atomic E-state index is 11.0. The summed E-state index contributed by atoms with van der Waals surface area (Å²) in [7, 11) is 0. The summed E-state index contributed by atoms with van der Waals surface area (Å²) in [4.78, 5) is 21.9. The lowest BCUT2D eigenvalue weighted by molar-refractivity contribution is -0.116. The van der Waals surface area contributed by atoms with E-state index in [1.807, 2.05) is 13.8 Å². The van der Waals surface area contributed by atoms with Gasteiger partial charge in [-0.15, -0.1) is 0 Å². The Balaban J connectivity index is 5.01. The van der Waals surface area contributed by atoms with Crippen LogP contribution in [0.25, 0.3) is 0 Å². The van der Waals surface area contributed by atoms with Crippen molar-refractivity contribution in [2.75, 3.05) is 0 Å². The molecule has 0 aromatic rings. The summed E-state index contributed by atoms with van der Waals surface area (Å²) >= 11 is 0. The van der Waals surface area contributed by atoms with Gasteiger partial charge in [-0.05, 0) is 19.8 Å².